The van der Waals surface area contributed by atoms with E-state index >= 15 is 0 Å². The van der Waals surface area contributed by atoms with Crippen molar-refractivity contribution in [3.8, 4) is 0 Å². The Kier molecular flexibility index (Phi) is 7.22. The second kappa shape index (κ2) is 10.0. The minimum atomic E-state index is -0.210. The summed E-state index contributed by atoms with van der Waals surface area (Å²) in [6, 6.07) is 13.4. The molecule has 0 aliphatic carbocycles. The molecule has 0 spiro atoms. The normalized spacial score (nSPS) is 13.3. The summed E-state index contributed by atoms with van der Waals surface area (Å²) in [7, 11) is 0. The Hall–Kier alpha value is -2.89. The number of amides is 1. The molecule has 1 aliphatic rings. The first kappa shape index (κ1) is 20.8. The Morgan fingerprint density at radius 3 is 2.52 bits per heavy atom. The number of aryl methyl sites for hydroxylation is 1. The van der Waals surface area contributed by atoms with Crippen LogP contribution in [0.1, 0.15) is 42.0 Å². The van der Waals surface area contributed by atoms with Crippen LogP contribution in [0.25, 0.3) is 0 Å². The van der Waals surface area contributed by atoms with Crippen LogP contribution in [0, 0.1) is 12.7 Å². The smallest absolute Gasteiger partial charge is 0.223 e. The van der Waals surface area contributed by atoms with Gasteiger partial charge < -0.3 is 15.5 Å². The Morgan fingerprint density at radius 2 is 1.86 bits per heavy atom. The number of rotatable bonds is 7. The molecule has 0 fully saturated rings. The number of aliphatic imine (C=N–C) groups is 1. The molecule has 3 rings (SSSR count). The SMILES string of the molecule is CCNC(=NCc1ccc(C)c(F)c1)NCCCC(=O)N1Cc2ccccc2C1. The highest BCUT2D eigenvalue weighted by Crippen LogP contribution is 2.22. The monoisotopic (exact) mass is 396 g/mol. The van der Waals surface area contributed by atoms with E-state index in [1.807, 2.05) is 30.0 Å². The van der Waals surface area contributed by atoms with E-state index in [0.29, 0.717) is 44.1 Å². The molecule has 0 bridgehead atoms. The lowest BCUT2D eigenvalue weighted by molar-refractivity contribution is -0.131. The van der Waals surface area contributed by atoms with Crippen molar-refractivity contribution in [2.75, 3.05) is 13.1 Å². The van der Waals surface area contributed by atoms with Crippen LogP contribution in [0.3, 0.4) is 0 Å². The molecule has 2 aromatic rings. The zero-order valence-electron chi connectivity index (χ0n) is 17.2. The lowest BCUT2D eigenvalue weighted by atomic mass is 10.1. The molecule has 0 radical (unpaired) electrons. The van der Waals surface area contributed by atoms with Gasteiger partial charge in [-0.25, -0.2) is 9.38 Å². The number of hydrogen-bond acceptors (Lipinski definition) is 2. The van der Waals surface area contributed by atoms with Crippen LogP contribution < -0.4 is 10.6 Å². The van der Waals surface area contributed by atoms with Crippen molar-refractivity contribution in [3.63, 3.8) is 0 Å². The minimum Gasteiger partial charge on any atom is -0.357 e. The van der Waals surface area contributed by atoms with Gasteiger partial charge in [-0.3, -0.25) is 4.79 Å². The van der Waals surface area contributed by atoms with E-state index in [4.69, 9.17) is 0 Å². The zero-order valence-corrected chi connectivity index (χ0v) is 17.2. The van der Waals surface area contributed by atoms with Crippen molar-refractivity contribution in [2.24, 2.45) is 4.99 Å². The standard InChI is InChI=1S/C23H29FN4O/c1-3-25-23(27-14-18-11-10-17(2)21(24)13-18)26-12-6-9-22(29)28-15-19-7-4-5-8-20(19)16-28/h4-5,7-8,10-11,13H,3,6,9,12,14-16H2,1-2H3,(H2,25,26,27). The summed E-state index contributed by atoms with van der Waals surface area (Å²) in [5.41, 5.74) is 3.95. The Labute approximate surface area is 172 Å². The molecule has 29 heavy (non-hydrogen) atoms. The predicted molar refractivity (Wildman–Crippen MR) is 114 cm³/mol. The van der Waals surface area contributed by atoms with Gasteiger partial charge in [0.1, 0.15) is 5.82 Å². The second-order valence-corrected chi connectivity index (χ2v) is 7.33. The highest BCUT2D eigenvalue weighted by molar-refractivity contribution is 5.80. The van der Waals surface area contributed by atoms with Crippen LogP contribution in [0.15, 0.2) is 47.5 Å². The van der Waals surface area contributed by atoms with Gasteiger partial charge in [-0.15, -0.1) is 0 Å². The summed E-state index contributed by atoms with van der Waals surface area (Å²) < 4.78 is 13.7. The fourth-order valence-corrected chi connectivity index (χ4v) is 3.36. The van der Waals surface area contributed by atoms with Crippen LogP contribution in [-0.2, 0) is 24.4 Å². The molecule has 0 unspecified atom stereocenters. The van der Waals surface area contributed by atoms with Gasteiger partial charge >= 0.3 is 0 Å². The van der Waals surface area contributed by atoms with Crippen LogP contribution >= 0.6 is 0 Å². The first-order valence-electron chi connectivity index (χ1n) is 10.2. The second-order valence-electron chi connectivity index (χ2n) is 7.33. The van der Waals surface area contributed by atoms with Crippen LogP contribution in [0.2, 0.25) is 0 Å². The van der Waals surface area contributed by atoms with E-state index in [1.54, 1.807) is 13.0 Å². The number of nitrogens with one attached hydrogen (secondary N) is 2. The van der Waals surface area contributed by atoms with Gasteiger partial charge in [0, 0.05) is 32.6 Å². The topological polar surface area (TPSA) is 56.7 Å². The molecule has 6 heteroatoms. The largest absolute Gasteiger partial charge is 0.357 e. The molecule has 2 N–H and O–H groups in total. The summed E-state index contributed by atoms with van der Waals surface area (Å²) in [5.74, 6) is 0.646. The van der Waals surface area contributed by atoms with E-state index in [-0.39, 0.29) is 11.7 Å². The molecule has 0 saturated carbocycles. The molecule has 0 aromatic heterocycles. The number of benzene rings is 2. The lowest BCUT2D eigenvalue weighted by Crippen LogP contribution is -2.38. The zero-order chi connectivity index (χ0) is 20.6. The van der Waals surface area contributed by atoms with Gasteiger partial charge in [-0.1, -0.05) is 36.4 Å². The average Bonchev–Trinajstić information content (AvgIpc) is 3.16. The van der Waals surface area contributed by atoms with E-state index < -0.39 is 0 Å². The third-order valence-electron chi connectivity index (χ3n) is 5.05. The molecule has 2 aromatic carbocycles. The summed E-state index contributed by atoms with van der Waals surface area (Å²) in [4.78, 5) is 18.9. The molecular weight excluding hydrogens is 367 g/mol. The Bertz CT molecular complexity index is 856. The first-order chi connectivity index (χ1) is 14.1. The number of fused-ring (bicyclic) bond motifs is 1. The maximum atomic E-state index is 13.7. The predicted octanol–water partition coefficient (Wildman–Crippen LogP) is 3.51. The third kappa shape index (κ3) is 5.79. The van der Waals surface area contributed by atoms with Crippen molar-refractivity contribution in [1.29, 1.82) is 0 Å². The number of guanidine groups is 1. The summed E-state index contributed by atoms with van der Waals surface area (Å²) >= 11 is 0. The first-order valence-corrected chi connectivity index (χ1v) is 10.2. The molecule has 1 heterocycles. The van der Waals surface area contributed by atoms with Crippen LogP contribution in [-0.4, -0.2) is 29.9 Å². The van der Waals surface area contributed by atoms with Gasteiger partial charge in [-0.05, 0) is 48.6 Å². The van der Waals surface area contributed by atoms with E-state index in [9.17, 15) is 9.18 Å². The van der Waals surface area contributed by atoms with E-state index in [1.165, 1.54) is 17.2 Å². The molecule has 154 valence electrons. The summed E-state index contributed by atoms with van der Waals surface area (Å²) in [6.07, 6.45) is 1.23. The Morgan fingerprint density at radius 1 is 1.14 bits per heavy atom. The summed E-state index contributed by atoms with van der Waals surface area (Å²) in [6.45, 7) is 6.95. The number of carbonyl (C=O) groups excluding carboxylic acids is 1. The van der Waals surface area contributed by atoms with Gasteiger partial charge in [0.25, 0.3) is 0 Å². The summed E-state index contributed by atoms with van der Waals surface area (Å²) in [5, 5.41) is 6.44. The lowest BCUT2D eigenvalue weighted by Gasteiger charge is -2.16. The molecule has 1 aliphatic heterocycles. The van der Waals surface area contributed by atoms with Crippen LogP contribution in [0.4, 0.5) is 4.39 Å². The molecule has 0 saturated heterocycles. The van der Waals surface area contributed by atoms with Crippen molar-refractivity contribution >= 4 is 11.9 Å². The number of nitrogens with zero attached hydrogens (tertiary/aromatic N) is 2. The highest BCUT2D eigenvalue weighted by atomic mass is 19.1. The van der Waals surface area contributed by atoms with E-state index in [0.717, 1.165) is 18.5 Å². The van der Waals surface area contributed by atoms with Gasteiger partial charge in [0.05, 0.1) is 6.54 Å². The number of carbonyl (C=O) groups is 1. The Balaban J connectivity index is 1.43. The maximum Gasteiger partial charge on any atom is 0.223 e. The van der Waals surface area contributed by atoms with Gasteiger partial charge in [0.15, 0.2) is 5.96 Å². The fourth-order valence-electron chi connectivity index (χ4n) is 3.36. The number of hydrogen-bond donors (Lipinski definition) is 2. The molecule has 1 amide bonds. The fraction of sp³-hybridized carbons (Fsp3) is 0.391. The van der Waals surface area contributed by atoms with Crippen molar-refractivity contribution in [2.45, 2.75) is 46.3 Å². The van der Waals surface area contributed by atoms with Crippen molar-refractivity contribution < 1.29 is 9.18 Å². The average molecular weight is 397 g/mol. The van der Waals surface area contributed by atoms with Crippen molar-refractivity contribution in [3.05, 3.63) is 70.5 Å². The third-order valence-corrected chi connectivity index (χ3v) is 5.05. The number of halogens is 1. The van der Waals surface area contributed by atoms with Gasteiger partial charge in [-0.2, -0.15) is 0 Å². The highest BCUT2D eigenvalue weighted by Gasteiger charge is 2.22. The molecule has 5 nitrogen and oxygen atoms in total. The maximum absolute atomic E-state index is 13.7. The van der Waals surface area contributed by atoms with Crippen LogP contribution in [0.5, 0.6) is 0 Å². The molecule has 0 atom stereocenters. The minimum absolute atomic E-state index is 0.181. The molecular formula is C23H29FN4O. The quantitative estimate of drug-likeness (QED) is 0.428. The van der Waals surface area contributed by atoms with Crippen molar-refractivity contribution in [1.82, 2.24) is 15.5 Å². The van der Waals surface area contributed by atoms with Gasteiger partial charge in [0.2, 0.25) is 5.91 Å². The van der Waals surface area contributed by atoms with E-state index in [2.05, 4.69) is 27.8 Å².